The largest absolute Gasteiger partial charge is 2.00 e. The van der Waals surface area contributed by atoms with Crippen molar-refractivity contribution in [3.05, 3.63) is 106 Å². The van der Waals surface area contributed by atoms with Crippen molar-refractivity contribution in [3.63, 3.8) is 0 Å². The molecule has 3 heteroatoms. The molecule has 0 nitrogen and oxygen atoms in total. The van der Waals surface area contributed by atoms with E-state index in [-0.39, 0.29) is 26.2 Å². The molecule has 2 aliphatic rings. The molecule has 3 rings (SSSR count). The Balaban J connectivity index is 0. The third-order valence-corrected chi connectivity index (χ3v) is 5.96. The van der Waals surface area contributed by atoms with E-state index in [9.17, 15) is 0 Å². The molecule has 0 spiro atoms. The van der Waals surface area contributed by atoms with E-state index in [1.54, 1.807) is 0 Å². The summed E-state index contributed by atoms with van der Waals surface area (Å²) >= 11 is 1.85. The predicted octanol–water partition coefficient (Wildman–Crippen LogP) is 5.92. The first-order valence-electron chi connectivity index (χ1n) is 7.68. The Bertz CT molecular complexity index is 264. The van der Waals surface area contributed by atoms with E-state index >= 15 is 0 Å². The van der Waals surface area contributed by atoms with E-state index in [4.69, 9.17) is 0 Å². The molecule has 0 atom stereocenters. The maximum absolute atomic E-state index is 2.89. The van der Waals surface area contributed by atoms with Crippen LogP contribution in [-0.4, -0.2) is 14.3 Å². The van der Waals surface area contributed by atoms with E-state index in [0.717, 1.165) is 0 Å². The fourth-order valence-electron chi connectivity index (χ4n) is 1.34. The van der Waals surface area contributed by atoms with Gasteiger partial charge < -0.3 is 11.8 Å². The Morgan fingerprint density at radius 1 is 0.667 bits per heavy atom. The maximum Gasteiger partial charge on any atom is 2.00 e. The van der Waals surface area contributed by atoms with Crippen LogP contribution in [0.1, 0.15) is 0 Å². The van der Waals surface area contributed by atoms with Crippen molar-refractivity contribution in [1.29, 1.82) is 0 Å². The molecule has 2 saturated carbocycles. The number of hydrogen-bond donors (Lipinski definition) is 0. The van der Waals surface area contributed by atoms with Crippen LogP contribution in [0.4, 0.5) is 0 Å². The molecular weight excluding hydrogens is 404 g/mol. The van der Waals surface area contributed by atoms with Crippen LogP contribution in [0.25, 0.3) is 0 Å². The number of rotatable bonds is 2. The molecule has 0 aromatic heterocycles. The summed E-state index contributed by atoms with van der Waals surface area (Å²) in [5.74, 6) is 0. The summed E-state index contributed by atoms with van der Waals surface area (Å²) in [6, 6.07) is 12.5. The van der Waals surface area contributed by atoms with E-state index in [0.29, 0.717) is 0 Å². The minimum atomic E-state index is -0.819. The van der Waals surface area contributed by atoms with Gasteiger partial charge in [-0.05, 0) is 70.5 Å². The van der Waals surface area contributed by atoms with Crippen LogP contribution in [-0.2, 0) is 26.2 Å². The normalized spacial score (nSPS) is 15.5. The van der Waals surface area contributed by atoms with Gasteiger partial charge in [-0.1, -0.05) is 27.7 Å². The molecule has 126 valence electrons. The van der Waals surface area contributed by atoms with Gasteiger partial charge in [0.1, 0.15) is 0 Å². The molecule has 24 heavy (non-hydrogen) atoms. The Morgan fingerprint density at radius 2 is 1.00 bits per heavy atom. The molecule has 0 bridgehead atoms. The fraction of sp³-hybridized carbons (Fsp3) is 0.190. The number of hydrogen-bond acceptors (Lipinski definition) is 1. The molecule has 1 aromatic rings. The van der Waals surface area contributed by atoms with Gasteiger partial charge in [0.15, 0.2) is 0 Å². The molecule has 0 aliphatic heterocycles. The van der Waals surface area contributed by atoms with E-state index < -0.39 is 8.07 Å². The summed E-state index contributed by atoms with van der Waals surface area (Å²) in [6.45, 7) is 7.01. The molecule has 1 aromatic carbocycles. The van der Waals surface area contributed by atoms with Gasteiger partial charge >= 0.3 is 26.2 Å². The molecule has 0 N–H and O–H groups in total. The van der Waals surface area contributed by atoms with Crippen molar-refractivity contribution in [2.45, 2.75) is 19.6 Å². The van der Waals surface area contributed by atoms with Crippen molar-refractivity contribution < 1.29 is 26.2 Å². The quantitative estimate of drug-likeness (QED) is 0.414. The van der Waals surface area contributed by atoms with Crippen LogP contribution in [0.5, 0.6) is 0 Å². The molecule has 0 saturated heterocycles. The standard InChI is InChI=1S/C6H5.C5H13SSi.2C5H5.Zr/c1-2-4-6-5-3-1;1-6-5-7(2,3)4;2*1-2-4-5-3-1;/h1-5H;5H,1-4H3;2*1-5H;/q2*-1;;;+2. The van der Waals surface area contributed by atoms with Gasteiger partial charge in [-0.15, -0.1) is 0 Å². The first-order valence-corrected chi connectivity index (χ1v) is 12.5. The average molecular weight is 432 g/mol. The third kappa shape index (κ3) is 24.9. The summed E-state index contributed by atoms with van der Waals surface area (Å²) in [5.41, 5.74) is 0. The smallest absolute Gasteiger partial charge is 0.356 e. The van der Waals surface area contributed by atoms with E-state index in [1.807, 2.05) is 106 Å². The third-order valence-electron chi connectivity index (χ3n) is 2.19. The van der Waals surface area contributed by atoms with Crippen molar-refractivity contribution in [2.24, 2.45) is 0 Å². The van der Waals surface area contributed by atoms with Gasteiger partial charge in [0.2, 0.25) is 0 Å². The summed E-state index contributed by atoms with van der Waals surface area (Å²) < 4.78 is 0. The van der Waals surface area contributed by atoms with Crippen molar-refractivity contribution in [1.82, 2.24) is 0 Å². The van der Waals surface area contributed by atoms with Crippen molar-refractivity contribution in [3.8, 4) is 0 Å². The second-order valence-corrected chi connectivity index (χ2v) is 11.9. The number of benzene rings is 1. The molecule has 2 aliphatic carbocycles. The zero-order valence-corrected chi connectivity index (χ0v) is 19.4. The monoisotopic (exact) mass is 430 g/mol. The second kappa shape index (κ2) is 20.0. The van der Waals surface area contributed by atoms with Crippen LogP contribution in [0.15, 0.2) is 30.3 Å². The molecule has 2 fully saturated rings. The SMILES string of the molecule is CS[CH-][Si](C)(C)C.[CH]1[CH][CH][CH][CH]1.[CH]1[CH][CH][CH][CH]1.[Zr+2].[c-]1ccccc1. The van der Waals surface area contributed by atoms with Crippen molar-refractivity contribution >= 4 is 19.8 Å². The Kier molecular flexibility index (Phi) is 22.4. The van der Waals surface area contributed by atoms with Gasteiger partial charge in [0.05, 0.1) is 0 Å². The second-order valence-electron chi connectivity index (χ2n) is 5.72. The van der Waals surface area contributed by atoms with E-state index in [2.05, 4.69) is 37.3 Å². The summed E-state index contributed by atoms with van der Waals surface area (Å²) in [5, 5.41) is 2.37. The zero-order valence-electron chi connectivity index (χ0n) is 15.1. The molecule has 0 amide bonds. The minimum absolute atomic E-state index is 0. The first-order chi connectivity index (χ1) is 11.1. The van der Waals surface area contributed by atoms with Gasteiger partial charge in [-0.3, -0.25) is 5.38 Å². The summed E-state index contributed by atoms with van der Waals surface area (Å²) in [6.07, 6.45) is 22.1. The van der Waals surface area contributed by atoms with Crippen LogP contribution in [0.2, 0.25) is 19.6 Å². The first kappa shape index (κ1) is 26.9. The number of thioether (sulfide) groups is 1. The van der Waals surface area contributed by atoms with Gasteiger partial charge in [0, 0.05) is 0 Å². The molecule has 10 radical (unpaired) electrons. The van der Waals surface area contributed by atoms with Crippen LogP contribution < -0.4 is 0 Å². The van der Waals surface area contributed by atoms with Crippen LogP contribution in [0.3, 0.4) is 0 Å². The predicted molar refractivity (Wildman–Crippen MR) is 109 cm³/mol. The average Bonchev–Trinajstić information content (AvgIpc) is 3.27. The van der Waals surface area contributed by atoms with Gasteiger partial charge in [-0.25, -0.2) is 0 Å². The Labute approximate surface area is 177 Å². The molecule has 0 heterocycles. The van der Waals surface area contributed by atoms with Crippen LogP contribution >= 0.6 is 11.8 Å². The van der Waals surface area contributed by atoms with Gasteiger partial charge in [-0.2, -0.15) is 36.4 Å². The van der Waals surface area contributed by atoms with Crippen molar-refractivity contribution in [2.75, 3.05) is 6.26 Å². The fourth-order valence-corrected chi connectivity index (χ4v) is 4.17. The minimum Gasteiger partial charge on any atom is -0.356 e. The summed E-state index contributed by atoms with van der Waals surface area (Å²) in [4.78, 5) is 0. The summed E-state index contributed by atoms with van der Waals surface area (Å²) in [7, 11) is -0.819. The van der Waals surface area contributed by atoms with Gasteiger partial charge in [0.25, 0.3) is 0 Å². The zero-order chi connectivity index (χ0) is 17.2. The van der Waals surface area contributed by atoms with Crippen LogP contribution in [0, 0.1) is 75.7 Å². The molecule has 0 unspecified atom stereocenters. The topological polar surface area (TPSA) is 0 Å². The Morgan fingerprint density at radius 3 is 1.08 bits per heavy atom. The Hall–Kier alpha value is 0.670. The maximum atomic E-state index is 2.89. The van der Waals surface area contributed by atoms with E-state index in [1.165, 1.54) is 0 Å². The molecular formula is C21H28SSiZr.